The molecule has 0 unspecified atom stereocenters. The molecule has 0 saturated heterocycles. The summed E-state index contributed by atoms with van der Waals surface area (Å²) < 4.78 is 0. The maximum Gasteiger partial charge on any atom is 0.203 e. The summed E-state index contributed by atoms with van der Waals surface area (Å²) in [6.07, 6.45) is 5.21. The van der Waals surface area contributed by atoms with E-state index in [1.807, 2.05) is 17.5 Å². The second-order valence-electron chi connectivity index (χ2n) is 4.56. The molecule has 0 aliphatic rings. The van der Waals surface area contributed by atoms with Crippen LogP contribution in [0.4, 0.5) is 5.13 Å². The van der Waals surface area contributed by atoms with Gasteiger partial charge in [0.15, 0.2) is 0 Å². The number of nitrogens with zero attached hydrogens (tertiary/aromatic N) is 3. The van der Waals surface area contributed by atoms with Crippen molar-refractivity contribution in [3.8, 4) is 11.3 Å². The van der Waals surface area contributed by atoms with Gasteiger partial charge in [-0.2, -0.15) is 5.10 Å². The maximum absolute atomic E-state index is 4.52. The van der Waals surface area contributed by atoms with E-state index in [9.17, 15) is 0 Å². The molecule has 1 N–H and O–H groups in total. The minimum atomic E-state index is 0.769. The highest BCUT2D eigenvalue weighted by atomic mass is 32.1. The molecular weight excluding hydrogens is 280 g/mol. The van der Waals surface area contributed by atoms with E-state index in [2.05, 4.69) is 51.7 Å². The van der Waals surface area contributed by atoms with Crippen molar-refractivity contribution in [3.63, 3.8) is 0 Å². The standard InChI is InChI=1S/C16H14N4S/c1-12-4-6-14(7-5-12)15-11-21-16(19-15)20-18-10-13-3-2-8-17-9-13/h2-11H,1H3,(H,19,20)/b18-10+. The zero-order valence-corrected chi connectivity index (χ0v) is 12.3. The first kappa shape index (κ1) is 13.5. The van der Waals surface area contributed by atoms with Gasteiger partial charge in [0.2, 0.25) is 5.13 Å². The second kappa shape index (κ2) is 6.28. The molecule has 0 amide bonds. The number of thiazole rings is 1. The van der Waals surface area contributed by atoms with Gasteiger partial charge in [-0.1, -0.05) is 35.9 Å². The number of anilines is 1. The second-order valence-corrected chi connectivity index (χ2v) is 5.42. The summed E-state index contributed by atoms with van der Waals surface area (Å²) in [6, 6.07) is 12.1. The Hall–Kier alpha value is -2.53. The molecule has 0 spiro atoms. The van der Waals surface area contributed by atoms with Gasteiger partial charge in [-0.3, -0.25) is 10.4 Å². The third-order valence-electron chi connectivity index (χ3n) is 2.91. The van der Waals surface area contributed by atoms with Crippen LogP contribution in [0.15, 0.2) is 59.3 Å². The van der Waals surface area contributed by atoms with Crippen molar-refractivity contribution in [2.45, 2.75) is 6.92 Å². The van der Waals surface area contributed by atoms with Gasteiger partial charge in [0, 0.05) is 28.9 Å². The van der Waals surface area contributed by atoms with Gasteiger partial charge < -0.3 is 0 Å². The molecule has 4 nitrogen and oxygen atoms in total. The van der Waals surface area contributed by atoms with Gasteiger partial charge in [0.05, 0.1) is 11.9 Å². The van der Waals surface area contributed by atoms with Crippen LogP contribution in [0.25, 0.3) is 11.3 Å². The van der Waals surface area contributed by atoms with Crippen molar-refractivity contribution < 1.29 is 0 Å². The maximum atomic E-state index is 4.52. The molecule has 0 radical (unpaired) electrons. The lowest BCUT2D eigenvalue weighted by Gasteiger charge is -1.97. The number of benzene rings is 1. The number of rotatable bonds is 4. The number of aryl methyl sites for hydroxylation is 1. The molecular formula is C16H14N4S. The Morgan fingerprint density at radius 3 is 2.81 bits per heavy atom. The molecule has 0 aliphatic carbocycles. The Balaban J connectivity index is 1.68. The molecule has 2 aromatic heterocycles. The van der Waals surface area contributed by atoms with E-state index in [0.29, 0.717) is 0 Å². The lowest BCUT2D eigenvalue weighted by atomic mass is 10.1. The fourth-order valence-electron chi connectivity index (χ4n) is 1.80. The van der Waals surface area contributed by atoms with E-state index in [4.69, 9.17) is 0 Å². The van der Waals surface area contributed by atoms with Crippen LogP contribution >= 0.6 is 11.3 Å². The van der Waals surface area contributed by atoms with E-state index < -0.39 is 0 Å². The summed E-state index contributed by atoms with van der Waals surface area (Å²) in [5.74, 6) is 0. The number of nitrogens with one attached hydrogen (secondary N) is 1. The van der Waals surface area contributed by atoms with E-state index in [-0.39, 0.29) is 0 Å². The molecule has 0 fully saturated rings. The first-order valence-corrected chi connectivity index (χ1v) is 7.41. The molecule has 0 bridgehead atoms. The van der Waals surface area contributed by atoms with Crippen LogP contribution in [0.3, 0.4) is 0 Å². The number of hydrogen-bond acceptors (Lipinski definition) is 5. The molecule has 3 aromatic rings. The van der Waals surface area contributed by atoms with E-state index in [1.165, 1.54) is 16.9 Å². The zero-order chi connectivity index (χ0) is 14.5. The highest BCUT2D eigenvalue weighted by molar-refractivity contribution is 7.14. The van der Waals surface area contributed by atoms with Gasteiger partial charge in [-0.25, -0.2) is 4.98 Å². The summed E-state index contributed by atoms with van der Waals surface area (Å²) >= 11 is 1.53. The van der Waals surface area contributed by atoms with Crippen molar-refractivity contribution in [1.29, 1.82) is 0 Å². The average molecular weight is 294 g/mol. The normalized spacial score (nSPS) is 10.9. The predicted molar refractivity (Wildman–Crippen MR) is 87.7 cm³/mol. The smallest absolute Gasteiger partial charge is 0.203 e. The Bertz CT molecular complexity index is 732. The van der Waals surface area contributed by atoms with E-state index >= 15 is 0 Å². The minimum absolute atomic E-state index is 0.769. The monoisotopic (exact) mass is 294 g/mol. The Morgan fingerprint density at radius 1 is 1.19 bits per heavy atom. The van der Waals surface area contributed by atoms with Crippen LogP contribution in [-0.2, 0) is 0 Å². The Labute approximate surface area is 127 Å². The van der Waals surface area contributed by atoms with E-state index in [0.717, 1.165) is 22.0 Å². The molecule has 2 heterocycles. The average Bonchev–Trinajstić information content (AvgIpc) is 2.98. The quantitative estimate of drug-likeness (QED) is 0.585. The predicted octanol–water partition coefficient (Wildman–Crippen LogP) is 3.96. The van der Waals surface area contributed by atoms with Crippen LogP contribution in [0, 0.1) is 6.92 Å². The van der Waals surface area contributed by atoms with Gasteiger partial charge in [0.1, 0.15) is 0 Å². The first-order valence-electron chi connectivity index (χ1n) is 6.53. The van der Waals surface area contributed by atoms with E-state index in [1.54, 1.807) is 18.6 Å². The summed E-state index contributed by atoms with van der Waals surface area (Å²) in [6.45, 7) is 2.07. The van der Waals surface area contributed by atoms with Crippen molar-refractivity contribution >= 4 is 22.7 Å². The SMILES string of the molecule is Cc1ccc(-c2csc(N/N=C/c3cccnc3)n2)cc1. The van der Waals surface area contributed by atoms with Crippen LogP contribution in [0.1, 0.15) is 11.1 Å². The number of aromatic nitrogens is 2. The fraction of sp³-hybridized carbons (Fsp3) is 0.0625. The van der Waals surface area contributed by atoms with Crippen LogP contribution in [0.5, 0.6) is 0 Å². The van der Waals surface area contributed by atoms with Gasteiger partial charge >= 0.3 is 0 Å². The third-order valence-corrected chi connectivity index (χ3v) is 3.66. The number of hydrogen-bond donors (Lipinski definition) is 1. The highest BCUT2D eigenvalue weighted by Crippen LogP contribution is 2.24. The van der Waals surface area contributed by atoms with Crippen molar-refractivity contribution in [2.75, 3.05) is 5.43 Å². The molecule has 3 rings (SSSR count). The molecule has 1 aromatic carbocycles. The number of pyridine rings is 1. The molecule has 104 valence electrons. The summed E-state index contributed by atoms with van der Waals surface area (Å²) in [5, 5.41) is 6.96. The van der Waals surface area contributed by atoms with Crippen molar-refractivity contribution in [1.82, 2.24) is 9.97 Å². The van der Waals surface area contributed by atoms with Crippen LogP contribution in [0.2, 0.25) is 0 Å². The third kappa shape index (κ3) is 3.52. The summed E-state index contributed by atoms with van der Waals surface area (Å²) in [5.41, 5.74) is 7.20. The van der Waals surface area contributed by atoms with Crippen LogP contribution < -0.4 is 5.43 Å². The van der Waals surface area contributed by atoms with Crippen molar-refractivity contribution in [3.05, 3.63) is 65.3 Å². The molecule has 0 aliphatic heterocycles. The molecule has 0 atom stereocenters. The highest BCUT2D eigenvalue weighted by Gasteiger charge is 2.03. The largest absolute Gasteiger partial charge is 0.264 e. The van der Waals surface area contributed by atoms with Gasteiger partial charge in [-0.15, -0.1) is 11.3 Å². The lowest BCUT2D eigenvalue weighted by molar-refractivity contribution is 1.28. The summed E-state index contributed by atoms with van der Waals surface area (Å²) in [4.78, 5) is 8.55. The van der Waals surface area contributed by atoms with Crippen molar-refractivity contribution in [2.24, 2.45) is 5.10 Å². The number of hydrazone groups is 1. The topological polar surface area (TPSA) is 50.2 Å². The molecule has 5 heteroatoms. The Morgan fingerprint density at radius 2 is 2.05 bits per heavy atom. The van der Waals surface area contributed by atoms with Gasteiger partial charge in [-0.05, 0) is 13.0 Å². The Kier molecular flexibility index (Phi) is 4.02. The van der Waals surface area contributed by atoms with Gasteiger partial charge in [0.25, 0.3) is 0 Å². The van der Waals surface area contributed by atoms with Crippen LogP contribution in [-0.4, -0.2) is 16.2 Å². The first-order chi connectivity index (χ1) is 10.3. The molecule has 0 saturated carbocycles. The molecule has 21 heavy (non-hydrogen) atoms. The zero-order valence-electron chi connectivity index (χ0n) is 11.5. The summed E-state index contributed by atoms with van der Waals surface area (Å²) in [7, 11) is 0. The lowest BCUT2D eigenvalue weighted by Crippen LogP contribution is -1.90. The minimum Gasteiger partial charge on any atom is -0.264 e. The fourth-order valence-corrected chi connectivity index (χ4v) is 2.46.